The molecule has 6 nitrogen and oxygen atoms in total. The van der Waals surface area contributed by atoms with E-state index in [1.165, 1.54) is 0 Å². The summed E-state index contributed by atoms with van der Waals surface area (Å²) in [6, 6.07) is 7.97. The molecule has 1 aromatic rings. The Morgan fingerprint density at radius 1 is 1.15 bits per heavy atom. The number of carbonyl (C=O) groups excluding carboxylic acids is 1. The van der Waals surface area contributed by atoms with Gasteiger partial charge in [-0.05, 0) is 53.2 Å². The summed E-state index contributed by atoms with van der Waals surface area (Å²) >= 11 is 0. The van der Waals surface area contributed by atoms with Crippen molar-refractivity contribution < 1.29 is 9.53 Å². The molecule has 0 bridgehead atoms. The smallest absolute Gasteiger partial charge is 0.227 e. The number of benzene rings is 1. The van der Waals surface area contributed by atoms with Crippen molar-refractivity contribution in [3.05, 3.63) is 29.8 Å². The summed E-state index contributed by atoms with van der Waals surface area (Å²) in [4.78, 5) is 16.7. The minimum absolute atomic E-state index is 0.0100. The van der Waals surface area contributed by atoms with E-state index in [0.717, 1.165) is 17.9 Å². The van der Waals surface area contributed by atoms with Gasteiger partial charge < -0.3 is 20.7 Å². The van der Waals surface area contributed by atoms with E-state index in [-0.39, 0.29) is 12.0 Å². The third-order valence-corrected chi connectivity index (χ3v) is 3.91. The van der Waals surface area contributed by atoms with Gasteiger partial charge in [0, 0.05) is 13.1 Å². The number of aryl methyl sites for hydroxylation is 1. The molecule has 0 saturated carbocycles. The van der Waals surface area contributed by atoms with Gasteiger partial charge in [0.25, 0.3) is 0 Å². The zero-order valence-corrected chi connectivity index (χ0v) is 17.0. The molecule has 0 fully saturated rings. The second-order valence-electron chi connectivity index (χ2n) is 7.01. The molecule has 0 spiro atoms. The molecule has 0 aromatic heterocycles. The van der Waals surface area contributed by atoms with E-state index in [1.807, 2.05) is 65.8 Å². The van der Waals surface area contributed by atoms with Crippen LogP contribution in [0, 0.1) is 12.3 Å². The van der Waals surface area contributed by atoms with Crippen LogP contribution in [0.25, 0.3) is 0 Å². The average molecular weight is 363 g/mol. The molecule has 1 atom stereocenters. The van der Waals surface area contributed by atoms with Crippen LogP contribution in [0.15, 0.2) is 29.3 Å². The highest BCUT2D eigenvalue weighted by molar-refractivity contribution is 5.83. The number of hydrogen-bond acceptors (Lipinski definition) is 3. The molecule has 1 unspecified atom stereocenters. The van der Waals surface area contributed by atoms with Crippen molar-refractivity contribution in [2.75, 3.05) is 26.2 Å². The summed E-state index contributed by atoms with van der Waals surface area (Å²) in [6.07, 6.45) is -0.0173. The van der Waals surface area contributed by atoms with Gasteiger partial charge in [0.15, 0.2) is 5.96 Å². The lowest BCUT2D eigenvalue weighted by molar-refractivity contribution is -0.128. The van der Waals surface area contributed by atoms with Crippen molar-refractivity contribution in [1.82, 2.24) is 16.0 Å². The summed E-state index contributed by atoms with van der Waals surface area (Å²) in [5, 5.41) is 9.35. The molecular weight excluding hydrogens is 328 g/mol. The molecule has 0 aliphatic rings. The lowest BCUT2D eigenvalue weighted by Crippen LogP contribution is -2.44. The van der Waals surface area contributed by atoms with E-state index >= 15 is 0 Å². The molecule has 0 aliphatic heterocycles. The van der Waals surface area contributed by atoms with Crippen LogP contribution in [-0.4, -0.2) is 44.1 Å². The lowest BCUT2D eigenvalue weighted by atomic mass is 9.92. The Hall–Kier alpha value is -2.24. The number of rotatable bonds is 9. The standard InChI is InChI=1S/C20H34N4O2/c1-7-21-18(25)20(5,6)14-24-19(22-8-2)23-13-16(4)26-17-12-10-9-11-15(17)3/h9-12,16H,7-8,13-14H2,1-6H3,(H,21,25)(H2,22,23,24). The summed E-state index contributed by atoms with van der Waals surface area (Å²) in [5.41, 5.74) is 0.561. The van der Waals surface area contributed by atoms with E-state index in [1.54, 1.807) is 0 Å². The van der Waals surface area contributed by atoms with Crippen LogP contribution in [0.2, 0.25) is 0 Å². The lowest BCUT2D eigenvalue weighted by Gasteiger charge is -2.22. The topological polar surface area (TPSA) is 74.8 Å². The quantitative estimate of drug-likeness (QED) is 0.466. The Morgan fingerprint density at radius 3 is 2.42 bits per heavy atom. The first kappa shape index (κ1) is 21.8. The minimum Gasteiger partial charge on any atom is -0.489 e. The van der Waals surface area contributed by atoms with E-state index in [9.17, 15) is 4.79 Å². The van der Waals surface area contributed by atoms with Gasteiger partial charge >= 0.3 is 0 Å². The monoisotopic (exact) mass is 362 g/mol. The van der Waals surface area contributed by atoms with E-state index in [4.69, 9.17) is 4.74 Å². The van der Waals surface area contributed by atoms with Gasteiger partial charge in [-0.25, -0.2) is 0 Å². The third kappa shape index (κ3) is 7.33. The van der Waals surface area contributed by atoms with Gasteiger partial charge in [-0.3, -0.25) is 9.79 Å². The maximum Gasteiger partial charge on any atom is 0.227 e. The first-order valence-electron chi connectivity index (χ1n) is 9.33. The minimum atomic E-state index is -0.554. The van der Waals surface area contributed by atoms with Crippen LogP contribution in [0.3, 0.4) is 0 Å². The highest BCUT2D eigenvalue weighted by atomic mass is 16.5. The Labute approximate surface area is 157 Å². The number of aliphatic imine (C=N–C) groups is 1. The molecule has 146 valence electrons. The summed E-state index contributed by atoms with van der Waals surface area (Å²) in [5.74, 6) is 1.59. The van der Waals surface area contributed by atoms with Crippen LogP contribution in [0.4, 0.5) is 0 Å². The van der Waals surface area contributed by atoms with Gasteiger partial charge in [0.05, 0.1) is 18.5 Å². The molecule has 0 saturated heterocycles. The second kappa shape index (κ2) is 10.7. The van der Waals surface area contributed by atoms with Crippen molar-refractivity contribution in [1.29, 1.82) is 0 Å². The van der Waals surface area contributed by atoms with Gasteiger partial charge in [-0.15, -0.1) is 0 Å². The van der Waals surface area contributed by atoms with Crippen molar-refractivity contribution >= 4 is 11.9 Å². The number of carbonyl (C=O) groups is 1. The molecule has 0 heterocycles. The Balaban J connectivity index is 2.61. The fourth-order valence-corrected chi connectivity index (χ4v) is 2.28. The second-order valence-corrected chi connectivity index (χ2v) is 7.01. The van der Waals surface area contributed by atoms with Crippen LogP contribution in [0.1, 0.15) is 40.2 Å². The molecule has 1 amide bonds. The van der Waals surface area contributed by atoms with Crippen LogP contribution in [0.5, 0.6) is 5.75 Å². The first-order chi connectivity index (χ1) is 12.3. The van der Waals surface area contributed by atoms with Crippen LogP contribution >= 0.6 is 0 Å². The number of para-hydroxylation sites is 1. The zero-order chi connectivity index (χ0) is 19.6. The summed E-state index contributed by atoms with van der Waals surface area (Å²) < 4.78 is 5.98. The molecule has 3 N–H and O–H groups in total. The van der Waals surface area contributed by atoms with Crippen LogP contribution < -0.4 is 20.7 Å². The predicted molar refractivity (Wildman–Crippen MR) is 108 cm³/mol. The molecular formula is C20H34N4O2. The van der Waals surface area contributed by atoms with Crippen molar-refractivity contribution in [2.24, 2.45) is 10.4 Å². The SMILES string of the molecule is CCNC(=O)C(C)(C)CN=C(NCC)NCC(C)Oc1ccccc1C. The molecule has 26 heavy (non-hydrogen) atoms. The first-order valence-corrected chi connectivity index (χ1v) is 9.33. The maximum absolute atomic E-state index is 12.1. The van der Waals surface area contributed by atoms with Crippen LogP contribution in [-0.2, 0) is 4.79 Å². The van der Waals surface area contributed by atoms with Crippen molar-refractivity contribution in [3.63, 3.8) is 0 Å². The molecule has 0 radical (unpaired) electrons. The fourth-order valence-electron chi connectivity index (χ4n) is 2.28. The number of guanidine groups is 1. The van der Waals surface area contributed by atoms with E-state index < -0.39 is 5.41 Å². The Kier molecular flexibility index (Phi) is 8.96. The zero-order valence-electron chi connectivity index (χ0n) is 17.0. The molecule has 0 aliphatic carbocycles. The normalized spacial score (nSPS) is 13.1. The molecule has 1 aromatic carbocycles. The number of amides is 1. The number of ether oxygens (including phenoxy) is 1. The average Bonchev–Trinajstić information content (AvgIpc) is 2.59. The Bertz CT molecular complexity index is 599. The summed E-state index contributed by atoms with van der Waals surface area (Å²) in [7, 11) is 0. The van der Waals surface area contributed by atoms with E-state index in [2.05, 4.69) is 20.9 Å². The number of nitrogens with zero attached hydrogens (tertiary/aromatic N) is 1. The maximum atomic E-state index is 12.1. The number of nitrogens with one attached hydrogen (secondary N) is 3. The highest BCUT2D eigenvalue weighted by Gasteiger charge is 2.26. The van der Waals surface area contributed by atoms with Gasteiger partial charge in [0.1, 0.15) is 11.9 Å². The molecule has 1 rings (SSSR count). The van der Waals surface area contributed by atoms with Crippen molar-refractivity contribution in [3.8, 4) is 5.75 Å². The van der Waals surface area contributed by atoms with Crippen molar-refractivity contribution in [2.45, 2.75) is 47.6 Å². The Morgan fingerprint density at radius 2 is 1.81 bits per heavy atom. The van der Waals surface area contributed by atoms with E-state index in [0.29, 0.717) is 25.6 Å². The fraction of sp³-hybridized carbons (Fsp3) is 0.600. The number of hydrogen-bond donors (Lipinski definition) is 3. The highest BCUT2D eigenvalue weighted by Crippen LogP contribution is 2.17. The largest absolute Gasteiger partial charge is 0.489 e. The van der Waals surface area contributed by atoms with Gasteiger partial charge in [-0.1, -0.05) is 18.2 Å². The molecule has 6 heteroatoms. The van der Waals surface area contributed by atoms with Gasteiger partial charge in [-0.2, -0.15) is 0 Å². The third-order valence-electron chi connectivity index (χ3n) is 3.91. The predicted octanol–water partition coefficient (Wildman–Crippen LogP) is 2.48. The summed E-state index contributed by atoms with van der Waals surface area (Å²) in [6.45, 7) is 14.2. The van der Waals surface area contributed by atoms with Gasteiger partial charge in [0.2, 0.25) is 5.91 Å².